The third kappa shape index (κ3) is 6.69. The number of phenols is 1. The topological polar surface area (TPSA) is 144 Å². The first-order chi connectivity index (χ1) is 17.9. The molecule has 1 amide bonds. The monoisotopic (exact) mass is 558 g/mol. The highest BCUT2D eigenvalue weighted by Crippen LogP contribution is 2.34. The smallest absolute Gasteiger partial charge is 0.339 e. The van der Waals surface area contributed by atoms with E-state index in [2.05, 4.69) is 5.32 Å². The Kier molecular flexibility index (Phi) is 9.11. The summed E-state index contributed by atoms with van der Waals surface area (Å²) in [6.45, 7) is 0.670. The fourth-order valence-electron chi connectivity index (χ4n) is 3.79. The number of carbonyl (C=O) groups is 4. The highest BCUT2D eigenvalue weighted by Gasteiger charge is 2.24. The molecule has 0 aliphatic heterocycles. The van der Waals surface area contributed by atoms with Crippen LogP contribution in [0.2, 0.25) is 10.0 Å². The number of ketones is 1. The number of nitrogens with one attached hydrogen (secondary N) is 1. The zero-order valence-electron chi connectivity index (χ0n) is 20.4. The van der Waals surface area contributed by atoms with E-state index in [1.807, 2.05) is 19.0 Å². The van der Waals surface area contributed by atoms with E-state index in [1.165, 1.54) is 12.1 Å². The number of benzene rings is 3. The molecule has 11 heteroatoms. The first kappa shape index (κ1) is 28.6. The molecule has 0 atom stereocenters. The third-order valence-corrected chi connectivity index (χ3v) is 6.21. The van der Waals surface area contributed by atoms with Crippen LogP contribution < -0.4 is 5.32 Å². The highest BCUT2D eigenvalue weighted by molar-refractivity contribution is 6.36. The zero-order chi connectivity index (χ0) is 28.1. The van der Waals surface area contributed by atoms with Gasteiger partial charge < -0.3 is 25.5 Å². The van der Waals surface area contributed by atoms with Crippen molar-refractivity contribution in [2.75, 3.05) is 26.0 Å². The largest absolute Gasteiger partial charge is 0.507 e. The van der Waals surface area contributed by atoms with Crippen molar-refractivity contribution in [2.45, 2.75) is 12.8 Å². The van der Waals surface area contributed by atoms with Crippen LogP contribution in [0.4, 0.5) is 5.69 Å². The van der Waals surface area contributed by atoms with E-state index >= 15 is 0 Å². The first-order valence-corrected chi connectivity index (χ1v) is 12.1. The fraction of sp³-hybridized carbons (Fsp3) is 0.185. The van der Waals surface area contributed by atoms with Gasteiger partial charge in [-0.05, 0) is 69.0 Å². The van der Waals surface area contributed by atoms with Crippen LogP contribution in [0.15, 0.2) is 48.5 Å². The summed E-state index contributed by atoms with van der Waals surface area (Å²) < 4.78 is 0. The van der Waals surface area contributed by atoms with Crippen LogP contribution in [0.1, 0.15) is 54.3 Å². The Labute approximate surface area is 228 Å². The van der Waals surface area contributed by atoms with Gasteiger partial charge in [-0.2, -0.15) is 0 Å². The number of carboxylic acid groups (broad SMARTS) is 2. The quantitative estimate of drug-likeness (QED) is 0.237. The molecule has 4 N–H and O–H groups in total. The maximum Gasteiger partial charge on any atom is 0.339 e. The number of amides is 1. The van der Waals surface area contributed by atoms with E-state index in [-0.39, 0.29) is 23.5 Å². The maximum absolute atomic E-state index is 13.2. The Morgan fingerprint density at radius 2 is 1.53 bits per heavy atom. The Morgan fingerprint density at radius 1 is 0.842 bits per heavy atom. The zero-order valence-corrected chi connectivity index (χ0v) is 21.9. The average Bonchev–Trinajstić information content (AvgIpc) is 2.83. The van der Waals surface area contributed by atoms with E-state index in [9.17, 15) is 34.5 Å². The molecule has 0 spiro atoms. The summed E-state index contributed by atoms with van der Waals surface area (Å²) in [5.74, 6) is -5.13. The van der Waals surface area contributed by atoms with E-state index < -0.39 is 40.3 Å². The van der Waals surface area contributed by atoms with Crippen LogP contribution in [0.3, 0.4) is 0 Å². The van der Waals surface area contributed by atoms with Crippen molar-refractivity contribution in [3.8, 4) is 16.9 Å². The minimum atomic E-state index is -1.57. The lowest BCUT2D eigenvalue weighted by molar-refractivity contribution is 0.0691. The normalized spacial score (nSPS) is 10.9. The van der Waals surface area contributed by atoms with Crippen molar-refractivity contribution in [1.82, 2.24) is 4.90 Å². The summed E-state index contributed by atoms with van der Waals surface area (Å²) >= 11 is 12.3. The van der Waals surface area contributed by atoms with E-state index in [4.69, 9.17) is 23.2 Å². The number of Topliss-reactive ketones (excluding diaryl/α,β-unsaturated/α-hetero) is 1. The molecule has 38 heavy (non-hydrogen) atoms. The molecule has 0 aromatic heterocycles. The third-order valence-electron chi connectivity index (χ3n) is 5.66. The van der Waals surface area contributed by atoms with Gasteiger partial charge in [0.05, 0.1) is 16.8 Å². The number of carboxylic acids is 2. The van der Waals surface area contributed by atoms with Gasteiger partial charge in [-0.1, -0.05) is 35.3 Å². The number of hydrogen-bond donors (Lipinski definition) is 4. The van der Waals surface area contributed by atoms with Crippen molar-refractivity contribution in [3.05, 3.63) is 80.8 Å². The molecule has 198 valence electrons. The van der Waals surface area contributed by atoms with Gasteiger partial charge in [-0.3, -0.25) is 9.59 Å². The maximum atomic E-state index is 13.2. The number of anilines is 1. The fourth-order valence-corrected chi connectivity index (χ4v) is 4.30. The second-order valence-corrected chi connectivity index (χ2v) is 9.54. The molecule has 0 radical (unpaired) electrons. The summed E-state index contributed by atoms with van der Waals surface area (Å²) in [5, 5.41) is 32.2. The number of carbonyl (C=O) groups excluding carboxylic acids is 2. The Bertz CT molecular complexity index is 1440. The molecule has 0 aliphatic carbocycles. The molecule has 0 bridgehead atoms. The highest BCUT2D eigenvalue weighted by atomic mass is 35.5. The van der Waals surface area contributed by atoms with Gasteiger partial charge >= 0.3 is 11.9 Å². The summed E-state index contributed by atoms with van der Waals surface area (Å²) in [5.41, 5.74) is -0.382. The van der Waals surface area contributed by atoms with Gasteiger partial charge in [-0.25, -0.2) is 9.59 Å². The van der Waals surface area contributed by atoms with Crippen LogP contribution in [-0.2, 0) is 0 Å². The van der Waals surface area contributed by atoms with Crippen LogP contribution in [0.25, 0.3) is 11.1 Å². The summed E-state index contributed by atoms with van der Waals surface area (Å²) in [6.07, 6.45) is 0.758. The molecule has 9 nitrogen and oxygen atoms in total. The van der Waals surface area contributed by atoms with Gasteiger partial charge in [0.25, 0.3) is 5.91 Å². The molecule has 3 rings (SSSR count). The van der Waals surface area contributed by atoms with Crippen molar-refractivity contribution in [3.63, 3.8) is 0 Å². The minimum absolute atomic E-state index is 0.0894. The van der Waals surface area contributed by atoms with Crippen molar-refractivity contribution in [2.24, 2.45) is 0 Å². The number of hydrogen-bond acceptors (Lipinski definition) is 6. The second kappa shape index (κ2) is 12.1. The molecule has 0 saturated carbocycles. The predicted molar refractivity (Wildman–Crippen MR) is 144 cm³/mol. The van der Waals surface area contributed by atoms with Gasteiger partial charge in [0.1, 0.15) is 11.3 Å². The Hall–Kier alpha value is -3.92. The molecule has 0 fully saturated rings. The predicted octanol–water partition coefficient (Wildman–Crippen LogP) is 5.54. The van der Waals surface area contributed by atoms with Crippen molar-refractivity contribution < 1.29 is 34.5 Å². The molecular formula is C27H24Cl2N2O7. The molecular weight excluding hydrogens is 535 g/mol. The first-order valence-electron chi connectivity index (χ1n) is 11.3. The lowest BCUT2D eigenvalue weighted by atomic mass is 9.97. The number of nitrogens with zero attached hydrogens (tertiary/aromatic N) is 1. The van der Waals surface area contributed by atoms with E-state index in [0.717, 1.165) is 6.07 Å². The molecule has 0 heterocycles. The van der Waals surface area contributed by atoms with Crippen molar-refractivity contribution in [1.29, 1.82) is 0 Å². The van der Waals surface area contributed by atoms with E-state index in [0.29, 0.717) is 40.2 Å². The standard InChI is InChI=1S/C27H24Cl2N2O7/c1-31(2)9-3-4-23(32)17-7-5-14(16-8-6-15(28)11-21(16)29)10-22(17)30-25(34)18-13-24(33)20(27(37)38)12-19(18)26(35)36/h5-8,10-13,33H,3-4,9H2,1-2H3,(H,30,34)(H,35,36)(H,37,38). The summed E-state index contributed by atoms with van der Waals surface area (Å²) in [7, 11) is 3.76. The summed E-state index contributed by atoms with van der Waals surface area (Å²) in [6, 6.07) is 11.0. The number of halogens is 2. The van der Waals surface area contributed by atoms with Crippen LogP contribution >= 0.6 is 23.2 Å². The minimum Gasteiger partial charge on any atom is -0.507 e. The number of aromatic carboxylic acids is 2. The second-order valence-electron chi connectivity index (χ2n) is 8.69. The molecule has 0 unspecified atom stereocenters. The van der Waals surface area contributed by atoms with Gasteiger partial charge in [-0.15, -0.1) is 0 Å². The Balaban J connectivity index is 2.07. The van der Waals surface area contributed by atoms with Gasteiger partial charge in [0.2, 0.25) is 0 Å². The average molecular weight is 559 g/mol. The van der Waals surface area contributed by atoms with Crippen LogP contribution in [0.5, 0.6) is 5.75 Å². The molecule has 3 aromatic rings. The number of rotatable bonds is 10. The lowest BCUT2D eigenvalue weighted by Crippen LogP contribution is -2.19. The van der Waals surface area contributed by atoms with Crippen LogP contribution in [-0.4, -0.2) is 64.5 Å². The lowest BCUT2D eigenvalue weighted by Gasteiger charge is -2.15. The van der Waals surface area contributed by atoms with Crippen LogP contribution in [0, 0.1) is 0 Å². The van der Waals surface area contributed by atoms with Gasteiger partial charge in [0, 0.05) is 27.6 Å². The summed E-state index contributed by atoms with van der Waals surface area (Å²) in [4.78, 5) is 51.3. The molecule has 0 aliphatic rings. The SMILES string of the molecule is CN(C)CCCC(=O)c1ccc(-c2ccc(Cl)cc2Cl)cc1NC(=O)c1cc(O)c(C(=O)O)cc1C(=O)O. The molecule has 3 aromatic carbocycles. The van der Waals surface area contributed by atoms with Crippen molar-refractivity contribution >= 4 is 52.5 Å². The van der Waals surface area contributed by atoms with E-state index in [1.54, 1.807) is 24.3 Å². The Morgan fingerprint density at radius 3 is 2.13 bits per heavy atom. The molecule has 0 saturated heterocycles. The van der Waals surface area contributed by atoms with Gasteiger partial charge in [0.15, 0.2) is 5.78 Å². The number of aromatic hydroxyl groups is 1.